The predicted octanol–water partition coefficient (Wildman–Crippen LogP) is 5.44. The van der Waals surface area contributed by atoms with Crippen LogP contribution in [0.3, 0.4) is 0 Å². The second kappa shape index (κ2) is 7.93. The minimum atomic E-state index is -4.43. The molecule has 1 fully saturated rings. The van der Waals surface area contributed by atoms with Gasteiger partial charge in [-0.3, -0.25) is 0 Å². The van der Waals surface area contributed by atoms with Gasteiger partial charge in [-0.05, 0) is 61.7 Å². The van der Waals surface area contributed by atoms with E-state index in [0.717, 1.165) is 25.3 Å². The van der Waals surface area contributed by atoms with E-state index in [9.17, 15) is 13.2 Å². The summed E-state index contributed by atoms with van der Waals surface area (Å²) in [5, 5.41) is 0. The number of hydrogen-bond acceptors (Lipinski definition) is 4. The number of methoxy groups -OCH3 is 1. The molecule has 7 heteroatoms. The molecule has 0 aliphatic carbocycles. The Bertz CT molecular complexity index is 950. The number of likely N-dealkylation sites (tertiary alicyclic amines) is 1. The summed E-state index contributed by atoms with van der Waals surface area (Å²) in [5.41, 5.74) is 7.25. The topological polar surface area (TPSA) is 41.7 Å². The number of benzene rings is 2. The van der Waals surface area contributed by atoms with Crippen molar-refractivity contribution in [2.45, 2.75) is 38.3 Å². The van der Waals surface area contributed by atoms with Crippen molar-refractivity contribution in [2.75, 3.05) is 43.9 Å². The molecule has 2 aromatic rings. The zero-order valence-corrected chi connectivity index (χ0v) is 18.3. The highest BCUT2D eigenvalue weighted by Crippen LogP contribution is 2.57. The van der Waals surface area contributed by atoms with E-state index >= 15 is 0 Å². The van der Waals surface area contributed by atoms with Crippen molar-refractivity contribution >= 4 is 17.1 Å². The minimum Gasteiger partial charge on any atom is -0.495 e. The molecule has 2 aromatic carbocycles. The SMILES string of the molecule is COc1ccc(C(F)(F)F)c2c1N(c1ccccc1N)CC21CCN(CC(C)C)CC1. The number of ether oxygens (including phenoxy) is 1. The van der Waals surface area contributed by atoms with Crippen molar-refractivity contribution in [1.29, 1.82) is 0 Å². The van der Waals surface area contributed by atoms with Crippen molar-refractivity contribution in [2.24, 2.45) is 5.92 Å². The third-order valence-electron chi connectivity index (χ3n) is 6.59. The summed E-state index contributed by atoms with van der Waals surface area (Å²) < 4.78 is 48.1. The molecule has 2 aliphatic rings. The van der Waals surface area contributed by atoms with Crippen LogP contribution in [0, 0.1) is 5.92 Å². The van der Waals surface area contributed by atoms with Gasteiger partial charge in [0.05, 0.1) is 29.7 Å². The summed E-state index contributed by atoms with van der Waals surface area (Å²) in [6, 6.07) is 9.95. The lowest BCUT2D eigenvalue weighted by Crippen LogP contribution is -2.46. The Hall–Kier alpha value is -2.41. The summed E-state index contributed by atoms with van der Waals surface area (Å²) in [5.74, 6) is 0.976. The van der Waals surface area contributed by atoms with Crippen molar-refractivity contribution < 1.29 is 17.9 Å². The molecule has 4 nitrogen and oxygen atoms in total. The van der Waals surface area contributed by atoms with Crippen LogP contribution in [0.4, 0.5) is 30.2 Å². The summed E-state index contributed by atoms with van der Waals surface area (Å²) in [6.45, 7) is 7.33. The molecule has 0 amide bonds. The van der Waals surface area contributed by atoms with Crippen LogP contribution in [-0.2, 0) is 11.6 Å². The highest BCUT2D eigenvalue weighted by Gasteiger charge is 2.51. The average molecular weight is 434 g/mol. The zero-order chi connectivity index (χ0) is 22.4. The Balaban J connectivity index is 1.87. The standard InChI is InChI=1S/C24H30F3N3O/c1-16(2)14-29-12-10-23(11-13-29)15-30(19-7-5-4-6-18(19)28)22-20(31-3)9-8-17(21(22)23)24(25,26)27/h4-9,16H,10-15,28H2,1-3H3. The third-order valence-corrected chi connectivity index (χ3v) is 6.59. The number of nitrogen functional groups attached to an aromatic ring is 1. The minimum absolute atomic E-state index is 0.367. The molecule has 31 heavy (non-hydrogen) atoms. The number of piperidine rings is 1. The van der Waals surface area contributed by atoms with Crippen molar-refractivity contribution in [3.63, 3.8) is 0 Å². The maximum atomic E-state index is 14.2. The molecule has 2 N–H and O–H groups in total. The van der Waals surface area contributed by atoms with Crippen molar-refractivity contribution in [1.82, 2.24) is 4.90 Å². The highest BCUT2D eigenvalue weighted by molar-refractivity contribution is 5.84. The first-order valence-corrected chi connectivity index (χ1v) is 10.8. The van der Waals surface area contributed by atoms with E-state index in [4.69, 9.17) is 10.5 Å². The Morgan fingerprint density at radius 2 is 1.77 bits per heavy atom. The van der Waals surface area contributed by atoms with E-state index in [0.29, 0.717) is 48.0 Å². The van der Waals surface area contributed by atoms with Crippen LogP contribution in [0.5, 0.6) is 5.75 Å². The molecule has 1 spiro atoms. The molecule has 0 unspecified atom stereocenters. The van der Waals surface area contributed by atoms with Crippen LogP contribution in [-0.4, -0.2) is 38.2 Å². The lowest BCUT2D eigenvalue weighted by atomic mass is 9.72. The molecule has 1 saturated heterocycles. The van der Waals surface area contributed by atoms with Gasteiger partial charge in [-0.15, -0.1) is 0 Å². The molecule has 2 aliphatic heterocycles. The van der Waals surface area contributed by atoms with E-state index in [1.54, 1.807) is 6.07 Å². The van der Waals surface area contributed by atoms with Crippen LogP contribution >= 0.6 is 0 Å². The number of halogens is 3. The van der Waals surface area contributed by atoms with Gasteiger partial charge in [0.2, 0.25) is 0 Å². The van der Waals surface area contributed by atoms with Gasteiger partial charge in [0.15, 0.2) is 0 Å². The molecule has 0 saturated carbocycles. The quantitative estimate of drug-likeness (QED) is 0.652. The molecular weight excluding hydrogens is 403 g/mol. The van der Waals surface area contributed by atoms with E-state index < -0.39 is 17.2 Å². The first kappa shape index (κ1) is 21.8. The largest absolute Gasteiger partial charge is 0.495 e. The van der Waals surface area contributed by atoms with E-state index in [1.807, 2.05) is 23.1 Å². The van der Waals surface area contributed by atoms with Gasteiger partial charge >= 0.3 is 6.18 Å². The van der Waals surface area contributed by atoms with Gasteiger partial charge in [-0.25, -0.2) is 0 Å². The first-order valence-electron chi connectivity index (χ1n) is 10.8. The van der Waals surface area contributed by atoms with Crippen LogP contribution in [0.25, 0.3) is 0 Å². The lowest BCUT2D eigenvalue weighted by Gasteiger charge is -2.41. The predicted molar refractivity (Wildman–Crippen MR) is 118 cm³/mol. The van der Waals surface area contributed by atoms with Gasteiger partial charge in [0.25, 0.3) is 0 Å². The van der Waals surface area contributed by atoms with E-state index in [2.05, 4.69) is 18.7 Å². The third kappa shape index (κ3) is 3.84. The molecule has 0 aromatic heterocycles. The van der Waals surface area contributed by atoms with Crippen molar-refractivity contribution in [3.05, 3.63) is 47.5 Å². The Kier molecular flexibility index (Phi) is 5.58. The monoisotopic (exact) mass is 433 g/mol. The Labute approximate surface area is 181 Å². The van der Waals surface area contributed by atoms with Crippen molar-refractivity contribution in [3.8, 4) is 5.75 Å². The lowest BCUT2D eigenvalue weighted by molar-refractivity contribution is -0.138. The summed E-state index contributed by atoms with van der Waals surface area (Å²) in [6.07, 6.45) is -3.09. The number of nitrogens with two attached hydrogens (primary N) is 1. The van der Waals surface area contributed by atoms with Crippen LogP contribution < -0.4 is 15.4 Å². The number of alkyl halides is 3. The average Bonchev–Trinajstić information content (AvgIpc) is 3.03. The molecule has 0 radical (unpaired) electrons. The van der Waals surface area contributed by atoms with Gasteiger partial charge < -0.3 is 20.3 Å². The molecule has 4 rings (SSSR count). The fraction of sp³-hybridized carbons (Fsp3) is 0.500. The molecule has 168 valence electrons. The number of hydrogen-bond donors (Lipinski definition) is 1. The maximum absolute atomic E-state index is 14.2. The summed E-state index contributed by atoms with van der Waals surface area (Å²) in [4.78, 5) is 4.30. The summed E-state index contributed by atoms with van der Waals surface area (Å²) >= 11 is 0. The maximum Gasteiger partial charge on any atom is 0.416 e. The van der Waals surface area contributed by atoms with Gasteiger partial charge in [0.1, 0.15) is 5.75 Å². The number of fused-ring (bicyclic) bond motifs is 2. The second-order valence-corrected chi connectivity index (χ2v) is 9.16. The molecule has 0 bridgehead atoms. The Morgan fingerprint density at radius 3 is 2.35 bits per heavy atom. The van der Waals surface area contributed by atoms with Gasteiger partial charge in [-0.2, -0.15) is 13.2 Å². The van der Waals surface area contributed by atoms with Gasteiger partial charge in [-0.1, -0.05) is 26.0 Å². The molecule has 2 heterocycles. The fourth-order valence-electron chi connectivity index (χ4n) is 5.27. The second-order valence-electron chi connectivity index (χ2n) is 9.16. The number of para-hydroxylation sites is 2. The van der Waals surface area contributed by atoms with E-state index in [-0.39, 0.29) is 0 Å². The number of rotatable bonds is 4. The van der Waals surface area contributed by atoms with Crippen LogP contribution in [0.1, 0.15) is 37.8 Å². The number of nitrogens with zero attached hydrogens (tertiary/aromatic N) is 2. The van der Waals surface area contributed by atoms with Crippen LogP contribution in [0.15, 0.2) is 36.4 Å². The Morgan fingerprint density at radius 1 is 1.10 bits per heavy atom. The normalized spacial score (nSPS) is 18.6. The van der Waals surface area contributed by atoms with E-state index in [1.165, 1.54) is 19.2 Å². The summed E-state index contributed by atoms with van der Waals surface area (Å²) in [7, 11) is 1.51. The first-order chi connectivity index (χ1) is 14.7. The smallest absolute Gasteiger partial charge is 0.416 e. The fourth-order valence-corrected chi connectivity index (χ4v) is 5.27. The molecule has 0 atom stereocenters. The number of anilines is 3. The van der Waals surface area contributed by atoms with Crippen LogP contribution in [0.2, 0.25) is 0 Å². The van der Waals surface area contributed by atoms with Gasteiger partial charge in [0, 0.05) is 18.5 Å². The molecular formula is C24H30F3N3O. The highest BCUT2D eigenvalue weighted by atomic mass is 19.4. The zero-order valence-electron chi connectivity index (χ0n) is 18.3.